The Morgan fingerprint density at radius 3 is 2.56 bits per heavy atom. The molecule has 1 rings (SSSR count). The van der Waals surface area contributed by atoms with Gasteiger partial charge >= 0.3 is 6.18 Å². The van der Waals surface area contributed by atoms with Crippen LogP contribution in [0.1, 0.15) is 33.1 Å². The fourth-order valence-corrected chi connectivity index (χ4v) is 2.26. The molecule has 0 bridgehead atoms. The molecule has 3 atom stereocenters. The second kappa shape index (κ2) is 5.36. The van der Waals surface area contributed by atoms with Crippen molar-refractivity contribution in [3.05, 3.63) is 0 Å². The topological polar surface area (TPSA) is 29.3 Å². The molecule has 16 heavy (non-hydrogen) atoms. The summed E-state index contributed by atoms with van der Waals surface area (Å²) in [7, 11) is 0. The highest BCUT2D eigenvalue weighted by atomic mass is 19.4. The van der Waals surface area contributed by atoms with Crippen LogP contribution >= 0.6 is 0 Å². The normalized spacial score (nSPS) is 27.8. The van der Waals surface area contributed by atoms with Gasteiger partial charge in [0, 0.05) is 18.6 Å². The van der Waals surface area contributed by atoms with Gasteiger partial charge < -0.3 is 5.73 Å². The quantitative estimate of drug-likeness (QED) is 0.818. The summed E-state index contributed by atoms with van der Waals surface area (Å²) in [5.41, 5.74) is 5.88. The molecule has 0 radical (unpaired) electrons. The molecule has 0 aromatic carbocycles. The van der Waals surface area contributed by atoms with Gasteiger partial charge in [0.2, 0.25) is 0 Å². The first-order chi connectivity index (χ1) is 7.36. The highest BCUT2D eigenvalue weighted by molar-refractivity contribution is 4.84. The van der Waals surface area contributed by atoms with E-state index >= 15 is 0 Å². The lowest BCUT2D eigenvalue weighted by atomic mass is 9.94. The highest BCUT2D eigenvalue weighted by Gasteiger charge is 2.42. The Labute approximate surface area is 95.0 Å². The van der Waals surface area contributed by atoms with Crippen LogP contribution in [0.5, 0.6) is 0 Å². The van der Waals surface area contributed by atoms with Crippen LogP contribution in [-0.4, -0.2) is 36.2 Å². The summed E-state index contributed by atoms with van der Waals surface area (Å²) >= 11 is 0. The lowest BCUT2D eigenvalue weighted by Gasteiger charge is -2.39. The molecule has 1 heterocycles. The third kappa shape index (κ3) is 3.35. The molecule has 0 spiro atoms. The van der Waals surface area contributed by atoms with Crippen molar-refractivity contribution in [2.75, 3.05) is 13.1 Å². The van der Waals surface area contributed by atoms with E-state index in [1.54, 1.807) is 0 Å². The van der Waals surface area contributed by atoms with E-state index in [0.717, 1.165) is 13.0 Å². The minimum atomic E-state index is -4.06. The van der Waals surface area contributed by atoms with E-state index in [1.807, 2.05) is 18.7 Å². The molecule has 3 unspecified atom stereocenters. The summed E-state index contributed by atoms with van der Waals surface area (Å²) in [5.74, 6) is -1.17. The Hall–Kier alpha value is -0.290. The third-order valence-corrected chi connectivity index (χ3v) is 3.58. The lowest BCUT2D eigenvalue weighted by molar-refractivity contribution is -0.188. The van der Waals surface area contributed by atoms with E-state index in [1.165, 1.54) is 0 Å². The van der Waals surface area contributed by atoms with Crippen LogP contribution in [0.15, 0.2) is 0 Å². The van der Waals surface area contributed by atoms with Gasteiger partial charge in [-0.15, -0.1) is 0 Å². The number of hydrogen-bond acceptors (Lipinski definition) is 2. The molecule has 1 fully saturated rings. The Morgan fingerprint density at radius 1 is 1.44 bits per heavy atom. The third-order valence-electron chi connectivity index (χ3n) is 3.58. The second-order valence-electron chi connectivity index (χ2n) is 4.69. The number of hydrogen-bond donors (Lipinski definition) is 1. The number of likely N-dealkylation sites (tertiary alicyclic amines) is 1. The molecule has 0 aliphatic carbocycles. The zero-order valence-electron chi connectivity index (χ0n) is 9.93. The van der Waals surface area contributed by atoms with Crippen molar-refractivity contribution < 1.29 is 13.2 Å². The maximum absolute atomic E-state index is 12.6. The van der Waals surface area contributed by atoms with Gasteiger partial charge in [-0.2, -0.15) is 13.2 Å². The van der Waals surface area contributed by atoms with E-state index in [9.17, 15) is 13.2 Å². The lowest BCUT2D eigenvalue weighted by Crippen LogP contribution is -2.51. The van der Waals surface area contributed by atoms with Crippen molar-refractivity contribution in [3.8, 4) is 0 Å². The van der Waals surface area contributed by atoms with Crippen molar-refractivity contribution in [1.29, 1.82) is 0 Å². The van der Waals surface area contributed by atoms with Crippen molar-refractivity contribution >= 4 is 0 Å². The zero-order chi connectivity index (χ0) is 12.3. The summed E-state index contributed by atoms with van der Waals surface area (Å²) in [4.78, 5) is 1.88. The Morgan fingerprint density at radius 2 is 2.06 bits per heavy atom. The van der Waals surface area contributed by atoms with Crippen LogP contribution in [0.4, 0.5) is 13.2 Å². The summed E-state index contributed by atoms with van der Waals surface area (Å²) < 4.78 is 37.8. The molecule has 0 aromatic heterocycles. The van der Waals surface area contributed by atoms with Gasteiger partial charge in [-0.05, 0) is 32.7 Å². The number of nitrogens with two attached hydrogens (primary N) is 1. The first-order valence-corrected chi connectivity index (χ1v) is 5.92. The largest absolute Gasteiger partial charge is 0.393 e. The fraction of sp³-hybridized carbons (Fsp3) is 1.00. The molecule has 1 aliphatic heterocycles. The number of alkyl halides is 3. The molecule has 96 valence electrons. The first kappa shape index (κ1) is 13.8. The molecule has 5 heteroatoms. The molecule has 0 saturated carbocycles. The van der Waals surface area contributed by atoms with Crippen molar-refractivity contribution in [2.45, 2.75) is 51.4 Å². The van der Waals surface area contributed by atoms with Crippen LogP contribution in [0.2, 0.25) is 0 Å². The number of nitrogens with zero attached hydrogens (tertiary/aromatic N) is 1. The summed E-state index contributed by atoms with van der Waals surface area (Å²) in [6.07, 6.45) is -2.39. The number of rotatable bonds is 3. The second-order valence-corrected chi connectivity index (χ2v) is 4.69. The maximum atomic E-state index is 12.6. The Bertz CT molecular complexity index is 218. The molecule has 0 aromatic rings. The van der Waals surface area contributed by atoms with Crippen LogP contribution in [0.25, 0.3) is 0 Å². The van der Waals surface area contributed by atoms with Crippen LogP contribution < -0.4 is 5.73 Å². The number of halogens is 3. The van der Waals surface area contributed by atoms with Crippen LogP contribution in [0.3, 0.4) is 0 Å². The molecule has 2 nitrogen and oxygen atoms in total. The monoisotopic (exact) mass is 238 g/mol. The predicted octanol–water partition coefficient (Wildman–Crippen LogP) is 2.39. The predicted molar refractivity (Wildman–Crippen MR) is 58.1 cm³/mol. The van der Waals surface area contributed by atoms with Crippen molar-refractivity contribution in [3.63, 3.8) is 0 Å². The smallest absolute Gasteiger partial charge is 0.326 e. The van der Waals surface area contributed by atoms with E-state index < -0.39 is 12.1 Å². The summed E-state index contributed by atoms with van der Waals surface area (Å²) in [5, 5.41) is 0. The molecule has 1 aliphatic rings. The zero-order valence-corrected chi connectivity index (χ0v) is 9.93. The minimum Gasteiger partial charge on any atom is -0.326 e. The van der Waals surface area contributed by atoms with Gasteiger partial charge in [0.05, 0.1) is 5.92 Å². The Kier molecular flexibility index (Phi) is 4.62. The van der Waals surface area contributed by atoms with Gasteiger partial charge in [0.15, 0.2) is 0 Å². The standard InChI is InChI=1S/C11H21F3N2/c1-3-10(15)8(2)16-6-4-5-9(7-16)11(12,13)14/h8-10H,3-7,15H2,1-2H3. The van der Waals surface area contributed by atoms with Crippen molar-refractivity contribution in [2.24, 2.45) is 11.7 Å². The maximum Gasteiger partial charge on any atom is 0.393 e. The van der Waals surface area contributed by atoms with Gasteiger partial charge in [0.25, 0.3) is 0 Å². The SMILES string of the molecule is CCC(N)C(C)N1CCCC(C(F)(F)F)C1. The molecule has 2 N–H and O–H groups in total. The van der Waals surface area contributed by atoms with Gasteiger partial charge in [-0.3, -0.25) is 4.90 Å². The summed E-state index contributed by atoms with van der Waals surface area (Å²) in [6, 6.07) is 0.00198. The Balaban J connectivity index is 2.57. The average molecular weight is 238 g/mol. The number of piperidine rings is 1. The van der Waals surface area contributed by atoms with Crippen LogP contribution in [-0.2, 0) is 0 Å². The fourth-order valence-electron chi connectivity index (χ4n) is 2.26. The van der Waals surface area contributed by atoms with Crippen molar-refractivity contribution in [1.82, 2.24) is 4.90 Å². The first-order valence-electron chi connectivity index (χ1n) is 5.92. The van der Waals surface area contributed by atoms with E-state index in [4.69, 9.17) is 5.73 Å². The average Bonchev–Trinajstić information content (AvgIpc) is 2.26. The van der Waals surface area contributed by atoms with Gasteiger partial charge in [-0.1, -0.05) is 6.92 Å². The minimum absolute atomic E-state index is 0.0352. The molecule has 0 amide bonds. The molecule has 1 saturated heterocycles. The van der Waals surface area contributed by atoms with E-state index in [-0.39, 0.29) is 25.0 Å². The summed E-state index contributed by atoms with van der Waals surface area (Å²) in [6.45, 7) is 4.74. The van der Waals surface area contributed by atoms with Crippen LogP contribution in [0, 0.1) is 5.92 Å². The highest BCUT2D eigenvalue weighted by Crippen LogP contribution is 2.33. The molecular weight excluding hydrogens is 217 g/mol. The molecular formula is C11H21F3N2. The van der Waals surface area contributed by atoms with E-state index in [0.29, 0.717) is 6.42 Å². The van der Waals surface area contributed by atoms with Gasteiger partial charge in [-0.25, -0.2) is 0 Å². The van der Waals surface area contributed by atoms with Gasteiger partial charge in [0.1, 0.15) is 0 Å². The van der Waals surface area contributed by atoms with E-state index in [2.05, 4.69) is 0 Å².